The van der Waals surface area contributed by atoms with Crippen LogP contribution >= 0.6 is 0 Å². The molecule has 0 aliphatic carbocycles. The molecular weight excluding hydrogens is 246 g/mol. The van der Waals surface area contributed by atoms with E-state index in [1.165, 1.54) is 0 Å². The summed E-state index contributed by atoms with van der Waals surface area (Å²) in [6, 6.07) is 5.82. The first-order chi connectivity index (χ1) is 9.04. The van der Waals surface area contributed by atoms with Gasteiger partial charge in [0.2, 0.25) is 5.91 Å². The van der Waals surface area contributed by atoms with Gasteiger partial charge < -0.3 is 15.7 Å². The molecule has 3 amide bonds. The molecule has 1 unspecified atom stereocenters. The number of carbonyl (C=O) groups excluding carboxylic acids is 2. The lowest BCUT2D eigenvalue weighted by Crippen LogP contribution is -2.47. The molecule has 104 valence electrons. The van der Waals surface area contributed by atoms with Crippen molar-refractivity contribution in [3.05, 3.63) is 29.8 Å². The molecule has 6 nitrogen and oxygen atoms in total. The van der Waals surface area contributed by atoms with Crippen LogP contribution in [-0.2, 0) is 11.3 Å². The van der Waals surface area contributed by atoms with Crippen LogP contribution < -0.4 is 16.0 Å². The number of benzene rings is 1. The largest absolute Gasteiger partial charge is 0.508 e. The van der Waals surface area contributed by atoms with Gasteiger partial charge in [0.05, 0.1) is 6.04 Å². The molecule has 1 aromatic rings. The molecule has 4 N–H and O–H groups in total. The smallest absolute Gasteiger partial charge is 0.321 e. The number of phenols is 1. The number of para-hydroxylation sites is 1. The summed E-state index contributed by atoms with van der Waals surface area (Å²) in [5.74, 6) is -0.243. The SMILES string of the molecule is CCNC(=O)NC(=O)C(C)NCc1ccccc1O. The van der Waals surface area contributed by atoms with Crippen molar-refractivity contribution in [3.8, 4) is 5.75 Å². The molecule has 0 aliphatic rings. The molecular formula is C13H19N3O3. The number of hydrogen-bond donors (Lipinski definition) is 4. The summed E-state index contributed by atoms with van der Waals surface area (Å²) >= 11 is 0. The number of phenolic OH excluding ortho intramolecular Hbond substituents is 1. The van der Waals surface area contributed by atoms with Gasteiger partial charge in [-0.2, -0.15) is 0 Å². The Kier molecular flexibility index (Phi) is 5.81. The van der Waals surface area contributed by atoms with E-state index in [2.05, 4.69) is 16.0 Å². The summed E-state index contributed by atoms with van der Waals surface area (Å²) in [4.78, 5) is 22.8. The van der Waals surface area contributed by atoms with Crippen LogP contribution in [0.15, 0.2) is 24.3 Å². The van der Waals surface area contributed by atoms with Crippen LogP contribution in [0.2, 0.25) is 0 Å². The number of hydrogen-bond acceptors (Lipinski definition) is 4. The van der Waals surface area contributed by atoms with Crippen molar-refractivity contribution >= 4 is 11.9 Å². The first-order valence-corrected chi connectivity index (χ1v) is 6.13. The quantitative estimate of drug-likeness (QED) is 0.631. The molecule has 0 heterocycles. The normalized spacial score (nSPS) is 11.7. The summed E-state index contributed by atoms with van der Waals surface area (Å²) in [6.07, 6.45) is 0. The topological polar surface area (TPSA) is 90.5 Å². The van der Waals surface area contributed by atoms with Crippen molar-refractivity contribution in [2.75, 3.05) is 6.54 Å². The highest BCUT2D eigenvalue weighted by molar-refractivity contribution is 5.96. The van der Waals surface area contributed by atoms with Crippen molar-refractivity contribution in [2.24, 2.45) is 0 Å². The Hall–Kier alpha value is -2.08. The van der Waals surface area contributed by atoms with Crippen LogP contribution in [-0.4, -0.2) is 29.6 Å². The number of nitrogens with one attached hydrogen (secondary N) is 3. The summed E-state index contributed by atoms with van der Waals surface area (Å²) in [5, 5.41) is 17.2. The predicted octanol–water partition coefficient (Wildman–Crippen LogP) is 0.716. The van der Waals surface area contributed by atoms with Crippen LogP contribution in [0, 0.1) is 0 Å². The van der Waals surface area contributed by atoms with Crippen molar-refractivity contribution in [1.82, 2.24) is 16.0 Å². The Morgan fingerprint density at radius 3 is 2.63 bits per heavy atom. The van der Waals surface area contributed by atoms with Gasteiger partial charge in [-0.25, -0.2) is 4.79 Å². The van der Waals surface area contributed by atoms with Gasteiger partial charge in [0.25, 0.3) is 0 Å². The maximum atomic E-state index is 11.6. The molecule has 0 radical (unpaired) electrons. The molecule has 0 aliphatic heterocycles. The minimum absolute atomic E-state index is 0.173. The molecule has 1 atom stereocenters. The fraction of sp³-hybridized carbons (Fsp3) is 0.385. The van der Waals surface area contributed by atoms with Gasteiger partial charge in [-0.05, 0) is 19.9 Å². The lowest BCUT2D eigenvalue weighted by atomic mass is 10.2. The summed E-state index contributed by atoms with van der Waals surface area (Å²) in [7, 11) is 0. The van der Waals surface area contributed by atoms with Gasteiger partial charge in [-0.15, -0.1) is 0 Å². The molecule has 0 bridgehead atoms. The van der Waals surface area contributed by atoms with Crippen LogP contribution in [0.3, 0.4) is 0 Å². The van der Waals surface area contributed by atoms with Crippen molar-refractivity contribution in [1.29, 1.82) is 0 Å². The van der Waals surface area contributed by atoms with Gasteiger partial charge in [-0.3, -0.25) is 10.1 Å². The molecule has 0 spiro atoms. The maximum Gasteiger partial charge on any atom is 0.321 e. The van der Waals surface area contributed by atoms with E-state index in [4.69, 9.17) is 0 Å². The average molecular weight is 265 g/mol. The van der Waals surface area contributed by atoms with E-state index in [1.807, 2.05) is 0 Å². The Bertz CT molecular complexity index is 449. The molecule has 19 heavy (non-hydrogen) atoms. The molecule has 0 saturated heterocycles. The average Bonchev–Trinajstić information content (AvgIpc) is 2.37. The zero-order valence-corrected chi connectivity index (χ0v) is 11.1. The third-order valence-corrected chi connectivity index (χ3v) is 2.56. The van der Waals surface area contributed by atoms with E-state index >= 15 is 0 Å². The maximum absolute atomic E-state index is 11.6. The van der Waals surface area contributed by atoms with E-state index in [1.54, 1.807) is 38.1 Å². The standard InChI is InChI=1S/C13H19N3O3/c1-3-14-13(19)16-12(18)9(2)15-8-10-6-4-5-7-11(10)17/h4-7,9,15,17H,3,8H2,1-2H3,(H2,14,16,18,19). The highest BCUT2D eigenvalue weighted by atomic mass is 16.3. The van der Waals surface area contributed by atoms with Crippen LogP contribution in [0.5, 0.6) is 5.75 Å². The van der Waals surface area contributed by atoms with Gasteiger partial charge in [0.1, 0.15) is 5.75 Å². The number of amides is 3. The number of rotatable bonds is 5. The van der Waals surface area contributed by atoms with Crippen molar-refractivity contribution in [3.63, 3.8) is 0 Å². The minimum Gasteiger partial charge on any atom is -0.508 e. The van der Waals surface area contributed by atoms with Gasteiger partial charge in [0.15, 0.2) is 0 Å². The molecule has 1 aromatic carbocycles. The zero-order valence-electron chi connectivity index (χ0n) is 11.1. The van der Waals surface area contributed by atoms with Gasteiger partial charge >= 0.3 is 6.03 Å². The van der Waals surface area contributed by atoms with E-state index < -0.39 is 18.0 Å². The molecule has 0 fully saturated rings. The highest BCUT2D eigenvalue weighted by Crippen LogP contribution is 2.14. The second-order valence-electron chi connectivity index (χ2n) is 4.08. The predicted molar refractivity (Wildman–Crippen MR) is 71.6 cm³/mol. The van der Waals surface area contributed by atoms with Crippen LogP contribution in [0.1, 0.15) is 19.4 Å². The van der Waals surface area contributed by atoms with Gasteiger partial charge in [-0.1, -0.05) is 18.2 Å². The number of aromatic hydroxyl groups is 1. The first kappa shape index (κ1) is 15.0. The summed E-state index contributed by atoms with van der Waals surface area (Å²) in [5.41, 5.74) is 0.695. The van der Waals surface area contributed by atoms with Crippen LogP contribution in [0.4, 0.5) is 4.79 Å². The minimum atomic E-state index is -0.540. The van der Waals surface area contributed by atoms with Gasteiger partial charge in [0, 0.05) is 18.7 Å². The Labute approximate surface area is 112 Å². The Balaban J connectivity index is 2.43. The Morgan fingerprint density at radius 2 is 2.00 bits per heavy atom. The second-order valence-corrected chi connectivity index (χ2v) is 4.08. The summed E-state index contributed by atoms with van der Waals surface area (Å²) in [6.45, 7) is 4.22. The van der Waals surface area contributed by atoms with Crippen LogP contribution in [0.25, 0.3) is 0 Å². The molecule has 0 saturated carbocycles. The highest BCUT2D eigenvalue weighted by Gasteiger charge is 2.15. The van der Waals surface area contributed by atoms with E-state index in [0.717, 1.165) is 0 Å². The first-order valence-electron chi connectivity index (χ1n) is 6.13. The lowest BCUT2D eigenvalue weighted by Gasteiger charge is -2.14. The third-order valence-electron chi connectivity index (χ3n) is 2.56. The number of carbonyl (C=O) groups is 2. The molecule has 0 aromatic heterocycles. The van der Waals surface area contributed by atoms with E-state index in [-0.39, 0.29) is 5.75 Å². The number of imide groups is 1. The lowest BCUT2D eigenvalue weighted by molar-refractivity contribution is -0.121. The zero-order chi connectivity index (χ0) is 14.3. The molecule has 1 rings (SSSR count). The van der Waals surface area contributed by atoms with E-state index in [9.17, 15) is 14.7 Å². The fourth-order valence-electron chi connectivity index (χ4n) is 1.44. The van der Waals surface area contributed by atoms with E-state index in [0.29, 0.717) is 18.7 Å². The third kappa shape index (κ3) is 4.97. The second kappa shape index (κ2) is 7.38. The summed E-state index contributed by atoms with van der Waals surface area (Å²) < 4.78 is 0. The molecule has 6 heteroatoms. The van der Waals surface area contributed by atoms with Crippen molar-refractivity contribution < 1.29 is 14.7 Å². The monoisotopic (exact) mass is 265 g/mol. The number of urea groups is 1. The van der Waals surface area contributed by atoms with Crippen molar-refractivity contribution in [2.45, 2.75) is 26.4 Å². The Morgan fingerprint density at radius 1 is 1.32 bits per heavy atom. The fourth-order valence-corrected chi connectivity index (χ4v) is 1.44.